The maximum absolute atomic E-state index is 10.0. The molecule has 0 heterocycles. The molecular formula is C10H23AlO2. The first-order valence-electron chi connectivity index (χ1n) is 5.40. The number of aliphatic carboxylic acids is 1. The molecule has 0 aromatic rings. The highest BCUT2D eigenvalue weighted by Gasteiger charge is 1.94. The molecule has 78 valence electrons. The van der Waals surface area contributed by atoms with E-state index in [9.17, 15) is 4.79 Å². The van der Waals surface area contributed by atoms with Crippen molar-refractivity contribution in [1.82, 2.24) is 0 Å². The monoisotopic (exact) mass is 202 g/mol. The summed E-state index contributed by atoms with van der Waals surface area (Å²) in [5.41, 5.74) is 0. The summed E-state index contributed by atoms with van der Waals surface area (Å²) in [4.78, 5) is 10.0. The van der Waals surface area contributed by atoms with Gasteiger partial charge in [0.2, 0.25) is 16.3 Å². The predicted octanol–water partition coefficient (Wildman–Crippen LogP) is 2.49. The zero-order valence-corrected chi connectivity index (χ0v) is 11.3. The van der Waals surface area contributed by atoms with Gasteiger partial charge < -0.3 is 5.11 Å². The Kier molecular flexibility index (Phi) is 17.3. The van der Waals surface area contributed by atoms with Gasteiger partial charge in [0, 0.05) is 6.42 Å². The molecule has 0 aromatic carbocycles. The van der Waals surface area contributed by atoms with Gasteiger partial charge in [-0.05, 0) is 6.42 Å². The lowest BCUT2D eigenvalue weighted by molar-refractivity contribution is -0.137. The van der Waals surface area contributed by atoms with Crippen LogP contribution in [0.2, 0.25) is 5.28 Å². The van der Waals surface area contributed by atoms with Gasteiger partial charge in [-0.15, -0.1) is 5.28 Å². The fraction of sp³-hybridized carbons (Fsp3) is 0.900. The summed E-state index contributed by atoms with van der Waals surface area (Å²) in [6, 6.07) is 0. The molecule has 2 nitrogen and oxygen atoms in total. The molecule has 0 aliphatic carbocycles. The van der Waals surface area contributed by atoms with Crippen LogP contribution in [0.5, 0.6) is 0 Å². The second kappa shape index (κ2) is 14.5. The number of rotatable bonds is 6. The van der Waals surface area contributed by atoms with Gasteiger partial charge in [0.15, 0.2) is 0 Å². The van der Waals surface area contributed by atoms with Crippen molar-refractivity contribution in [1.29, 1.82) is 0 Å². The molecule has 0 fully saturated rings. The van der Waals surface area contributed by atoms with Gasteiger partial charge in [-0.1, -0.05) is 39.5 Å². The van der Waals surface area contributed by atoms with E-state index >= 15 is 0 Å². The molecular weight excluding hydrogens is 179 g/mol. The van der Waals surface area contributed by atoms with Crippen LogP contribution < -0.4 is 0 Å². The molecule has 0 unspecified atom stereocenters. The summed E-state index contributed by atoms with van der Waals surface area (Å²) in [6.07, 6.45) is 5.88. The summed E-state index contributed by atoms with van der Waals surface area (Å²) in [5, 5.41) is 9.66. The van der Waals surface area contributed by atoms with Crippen LogP contribution in [0.4, 0.5) is 0 Å². The van der Waals surface area contributed by atoms with Gasteiger partial charge in [0.1, 0.15) is 0 Å². The third-order valence-electron chi connectivity index (χ3n) is 1.49. The van der Waals surface area contributed by atoms with Gasteiger partial charge in [0.05, 0.1) is 0 Å². The lowest BCUT2D eigenvalue weighted by atomic mass is 10.1. The van der Waals surface area contributed by atoms with Crippen molar-refractivity contribution in [2.24, 2.45) is 0 Å². The molecule has 0 atom stereocenters. The van der Waals surface area contributed by atoms with Gasteiger partial charge in [0.25, 0.3) is 0 Å². The second-order valence-corrected chi connectivity index (χ2v) is 4.68. The zero-order chi connectivity index (χ0) is 10.5. The lowest BCUT2D eigenvalue weighted by Gasteiger charge is -1.95. The Hall–Kier alpha value is 0.00247. The van der Waals surface area contributed by atoms with Crippen LogP contribution in [0.3, 0.4) is 0 Å². The van der Waals surface area contributed by atoms with Crippen molar-refractivity contribution in [3.8, 4) is 0 Å². The molecule has 0 radical (unpaired) electrons. The van der Waals surface area contributed by atoms with Gasteiger partial charge in [-0.3, -0.25) is 4.79 Å². The van der Waals surface area contributed by atoms with E-state index in [-0.39, 0.29) is 0 Å². The summed E-state index contributed by atoms with van der Waals surface area (Å²) in [6.45, 7) is 4.34. The number of hydrogen-bond acceptors (Lipinski definition) is 1. The summed E-state index contributed by atoms with van der Waals surface area (Å²) < 4.78 is 0. The summed E-state index contributed by atoms with van der Waals surface area (Å²) in [7, 11) is 0. The quantitative estimate of drug-likeness (QED) is 0.530. The van der Waals surface area contributed by atoms with Crippen molar-refractivity contribution in [2.45, 2.75) is 57.7 Å². The molecule has 0 aromatic heterocycles. The average Bonchev–Trinajstić information content (AvgIpc) is 2.05. The first kappa shape index (κ1) is 15.5. The molecule has 13 heavy (non-hydrogen) atoms. The fourth-order valence-corrected chi connectivity index (χ4v) is 0.880. The molecule has 0 amide bonds. The van der Waals surface area contributed by atoms with Crippen molar-refractivity contribution < 1.29 is 9.90 Å². The minimum atomic E-state index is -0.670. The van der Waals surface area contributed by atoms with Crippen molar-refractivity contribution in [3.05, 3.63) is 0 Å². The smallest absolute Gasteiger partial charge is 0.303 e. The molecule has 0 saturated carbocycles. The van der Waals surface area contributed by atoms with Crippen molar-refractivity contribution in [3.63, 3.8) is 0 Å². The van der Waals surface area contributed by atoms with Crippen LogP contribution in [0, 0.1) is 0 Å². The topological polar surface area (TPSA) is 37.3 Å². The van der Waals surface area contributed by atoms with E-state index < -0.39 is 5.97 Å². The number of carboxylic acid groups (broad SMARTS) is 1. The minimum absolute atomic E-state index is 0.337. The average molecular weight is 202 g/mol. The molecule has 0 rings (SSSR count). The van der Waals surface area contributed by atoms with Gasteiger partial charge in [-0.2, -0.15) is 0 Å². The number of carbonyl (C=O) groups is 1. The van der Waals surface area contributed by atoms with E-state index in [0.29, 0.717) is 6.42 Å². The zero-order valence-electron chi connectivity index (χ0n) is 9.31. The summed E-state index contributed by atoms with van der Waals surface area (Å²) in [5.74, 6) is -0.670. The van der Waals surface area contributed by atoms with Crippen LogP contribution in [-0.2, 0) is 4.79 Å². The third kappa shape index (κ3) is 24.5. The number of hydrogen-bond donors (Lipinski definition) is 1. The normalized spacial score (nSPS) is 8.77. The van der Waals surface area contributed by atoms with Crippen LogP contribution in [-0.4, -0.2) is 27.4 Å². The van der Waals surface area contributed by atoms with E-state index in [0.717, 1.165) is 12.8 Å². The molecule has 0 aliphatic heterocycles. The molecule has 0 aliphatic rings. The van der Waals surface area contributed by atoms with Crippen LogP contribution in [0.15, 0.2) is 0 Å². The van der Waals surface area contributed by atoms with Crippen LogP contribution in [0.25, 0.3) is 0 Å². The Morgan fingerprint density at radius 3 is 2.00 bits per heavy atom. The summed E-state index contributed by atoms with van der Waals surface area (Å²) >= 11 is 1.37. The van der Waals surface area contributed by atoms with E-state index in [2.05, 4.69) is 13.8 Å². The Morgan fingerprint density at radius 1 is 1.15 bits per heavy atom. The Labute approximate surface area is 90.1 Å². The fourth-order valence-electron chi connectivity index (χ4n) is 0.880. The highest BCUT2D eigenvalue weighted by Crippen LogP contribution is 2.04. The highest BCUT2D eigenvalue weighted by atomic mass is 27.0. The van der Waals surface area contributed by atoms with Crippen molar-refractivity contribution in [2.75, 3.05) is 0 Å². The van der Waals surface area contributed by atoms with E-state index in [1.165, 1.54) is 40.8 Å². The second-order valence-electron chi connectivity index (χ2n) is 3.27. The van der Waals surface area contributed by atoms with Crippen LogP contribution in [0.1, 0.15) is 52.4 Å². The maximum atomic E-state index is 10.0. The molecule has 3 heteroatoms. The Balaban J connectivity index is 0. The van der Waals surface area contributed by atoms with E-state index in [1.54, 1.807) is 0 Å². The molecule has 0 spiro atoms. The lowest BCUT2D eigenvalue weighted by Crippen LogP contribution is -1.93. The maximum Gasteiger partial charge on any atom is 0.303 e. The van der Waals surface area contributed by atoms with Gasteiger partial charge >= 0.3 is 5.97 Å². The molecule has 1 N–H and O–H groups in total. The number of carboxylic acids is 1. The molecule has 0 bridgehead atoms. The highest BCUT2D eigenvalue weighted by molar-refractivity contribution is 6.08. The Morgan fingerprint density at radius 2 is 1.62 bits per heavy atom. The predicted molar refractivity (Wildman–Crippen MR) is 60.0 cm³/mol. The Bertz CT molecular complexity index is 105. The number of unbranched alkanes of at least 4 members (excludes halogenated alkanes) is 4. The standard InChI is InChI=1S/C8H16O2.C2H5.Al.2H/c1-2-3-4-5-6-7-8(9)10;1-2;;;/h2-7H2,1H3,(H,9,10);1H2,2H3;;;. The van der Waals surface area contributed by atoms with E-state index in [1.807, 2.05) is 0 Å². The van der Waals surface area contributed by atoms with Crippen LogP contribution >= 0.6 is 0 Å². The van der Waals surface area contributed by atoms with Crippen molar-refractivity contribution >= 4 is 22.3 Å². The van der Waals surface area contributed by atoms with E-state index in [4.69, 9.17) is 5.11 Å². The SMILES string of the molecule is CCCCCCCC(=O)O.C[CH2][AlH2]. The third-order valence-corrected chi connectivity index (χ3v) is 1.49. The largest absolute Gasteiger partial charge is 0.481 e. The first-order valence-corrected chi connectivity index (χ1v) is 6.82. The first-order chi connectivity index (χ1) is 6.18. The minimum Gasteiger partial charge on any atom is -0.481 e. The molecule has 0 saturated heterocycles. The van der Waals surface area contributed by atoms with Gasteiger partial charge in [-0.25, -0.2) is 0 Å².